The number of alkyl halides is 1. The summed E-state index contributed by atoms with van der Waals surface area (Å²) in [5.41, 5.74) is 4.02. The molecule has 1 saturated heterocycles. The van der Waals surface area contributed by atoms with Gasteiger partial charge in [-0.15, -0.1) is 0 Å². The first-order valence-corrected chi connectivity index (χ1v) is 13.3. The van der Waals surface area contributed by atoms with E-state index in [4.69, 9.17) is 9.47 Å². The van der Waals surface area contributed by atoms with Gasteiger partial charge in [0, 0.05) is 24.1 Å². The first-order chi connectivity index (χ1) is 16.7. The van der Waals surface area contributed by atoms with E-state index in [1.165, 1.54) is 5.56 Å². The van der Waals surface area contributed by atoms with Gasteiger partial charge in [-0.1, -0.05) is 34.1 Å². The molecule has 0 saturated carbocycles. The maximum absolute atomic E-state index is 12.5. The predicted molar refractivity (Wildman–Crippen MR) is 142 cm³/mol. The van der Waals surface area contributed by atoms with Crippen molar-refractivity contribution in [2.75, 3.05) is 26.3 Å². The minimum atomic E-state index is -0.564. The van der Waals surface area contributed by atoms with Crippen LogP contribution in [-0.2, 0) is 11.2 Å². The number of aryl methyl sites for hydroxylation is 1. The Morgan fingerprint density at radius 1 is 1.11 bits per heavy atom. The van der Waals surface area contributed by atoms with Crippen molar-refractivity contribution in [2.45, 2.75) is 59.0 Å². The van der Waals surface area contributed by atoms with Crippen LogP contribution in [0.3, 0.4) is 0 Å². The molecule has 2 aromatic rings. The highest BCUT2D eigenvalue weighted by Crippen LogP contribution is 2.40. The molecule has 0 spiro atoms. The summed E-state index contributed by atoms with van der Waals surface area (Å²) in [4.78, 5) is 14.7. The molecule has 2 aliphatic rings. The molecule has 1 atom stereocenters. The van der Waals surface area contributed by atoms with Crippen LogP contribution < -0.4 is 9.47 Å². The van der Waals surface area contributed by atoms with E-state index in [9.17, 15) is 9.18 Å². The highest BCUT2D eigenvalue weighted by atomic mass is 79.9. The predicted octanol–water partition coefficient (Wildman–Crippen LogP) is 6.94. The number of nitrogens with zero attached hydrogens (tertiary/aromatic N) is 1. The zero-order chi connectivity index (χ0) is 25.0. The molecule has 188 valence electrons. The van der Waals surface area contributed by atoms with Crippen LogP contribution in [0, 0.1) is 5.41 Å². The Hall–Kier alpha value is -2.18. The summed E-state index contributed by atoms with van der Waals surface area (Å²) in [5.74, 6) is 1.18. The molecule has 0 bridgehead atoms. The first kappa shape index (κ1) is 25.9. The molecular formula is C29H35BrFNO3. The number of ether oxygens (including phenoxy) is 2. The van der Waals surface area contributed by atoms with Gasteiger partial charge in [0.15, 0.2) is 0 Å². The molecule has 1 unspecified atom stereocenters. The number of esters is 1. The van der Waals surface area contributed by atoms with E-state index in [0.717, 1.165) is 72.2 Å². The second-order valence-corrected chi connectivity index (χ2v) is 11.4. The Bertz CT molecular complexity index is 1070. The van der Waals surface area contributed by atoms with Crippen molar-refractivity contribution in [3.63, 3.8) is 0 Å². The van der Waals surface area contributed by atoms with Gasteiger partial charge in [0.1, 0.15) is 17.6 Å². The van der Waals surface area contributed by atoms with Crippen LogP contribution in [0.2, 0.25) is 0 Å². The third kappa shape index (κ3) is 6.53. The smallest absolute Gasteiger partial charge is 0.316 e. The maximum Gasteiger partial charge on any atom is 0.316 e. The molecule has 0 radical (unpaired) electrons. The Kier molecular flexibility index (Phi) is 8.33. The van der Waals surface area contributed by atoms with E-state index in [1.54, 1.807) is 0 Å². The standard InChI is InChI=1S/C29H35BrFNO3/c1-29(2,3)28(33)35-23-13-8-20-6-4-7-26(30)27(25(20)18-23)21-9-11-22(12-10-21)34-24-14-17-32(19-24)16-5-15-31/h8-13,18,24H,4-7,14-17,19H2,1-3H3. The summed E-state index contributed by atoms with van der Waals surface area (Å²) in [6.07, 6.45) is 4.68. The Balaban J connectivity index is 1.53. The lowest BCUT2D eigenvalue weighted by molar-refractivity contribution is -0.143. The Morgan fingerprint density at radius 2 is 1.86 bits per heavy atom. The molecule has 0 aromatic heterocycles. The minimum absolute atomic E-state index is 0.144. The first-order valence-electron chi connectivity index (χ1n) is 12.5. The summed E-state index contributed by atoms with van der Waals surface area (Å²) >= 11 is 3.84. The van der Waals surface area contributed by atoms with Crippen LogP contribution in [0.25, 0.3) is 5.57 Å². The number of rotatable bonds is 7. The molecule has 0 amide bonds. The fourth-order valence-electron chi connectivity index (χ4n) is 4.62. The normalized spacial score (nSPS) is 18.8. The fourth-order valence-corrected chi connectivity index (χ4v) is 5.34. The van der Waals surface area contributed by atoms with Crippen molar-refractivity contribution in [3.8, 4) is 11.5 Å². The van der Waals surface area contributed by atoms with E-state index >= 15 is 0 Å². The number of carbonyl (C=O) groups is 1. The molecule has 2 aromatic carbocycles. The van der Waals surface area contributed by atoms with Gasteiger partial charge in [0.2, 0.25) is 0 Å². The van der Waals surface area contributed by atoms with Crippen LogP contribution in [0.1, 0.15) is 63.1 Å². The average Bonchev–Trinajstić information content (AvgIpc) is 3.19. The Labute approximate surface area is 216 Å². The number of halogens is 2. The highest BCUT2D eigenvalue weighted by molar-refractivity contribution is 9.11. The molecule has 35 heavy (non-hydrogen) atoms. The van der Waals surface area contributed by atoms with E-state index in [2.05, 4.69) is 39.0 Å². The second kappa shape index (κ2) is 11.3. The van der Waals surface area contributed by atoms with Crippen LogP contribution in [0.15, 0.2) is 46.9 Å². The molecule has 1 fully saturated rings. The van der Waals surface area contributed by atoms with Crippen molar-refractivity contribution in [2.24, 2.45) is 5.41 Å². The van der Waals surface area contributed by atoms with Crippen LogP contribution in [0.4, 0.5) is 4.39 Å². The zero-order valence-corrected chi connectivity index (χ0v) is 22.5. The lowest BCUT2D eigenvalue weighted by Gasteiger charge is -2.19. The minimum Gasteiger partial charge on any atom is -0.489 e. The van der Waals surface area contributed by atoms with E-state index in [0.29, 0.717) is 12.2 Å². The molecular weight excluding hydrogens is 509 g/mol. The van der Waals surface area contributed by atoms with Gasteiger partial charge in [0.05, 0.1) is 12.1 Å². The third-order valence-electron chi connectivity index (χ3n) is 6.57. The van der Waals surface area contributed by atoms with Gasteiger partial charge < -0.3 is 9.47 Å². The number of benzene rings is 2. The number of likely N-dealkylation sites (tertiary alicyclic amines) is 1. The van der Waals surface area contributed by atoms with E-state index in [1.807, 2.05) is 45.0 Å². The summed E-state index contributed by atoms with van der Waals surface area (Å²) in [5, 5.41) is 0. The van der Waals surface area contributed by atoms with Crippen LogP contribution in [0.5, 0.6) is 11.5 Å². The molecule has 4 rings (SSSR count). The molecule has 1 aliphatic carbocycles. The number of hydrogen-bond donors (Lipinski definition) is 0. The van der Waals surface area contributed by atoms with E-state index in [-0.39, 0.29) is 18.7 Å². The Morgan fingerprint density at radius 3 is 2.57 bits per heavy atom. The lowest BCUT2D eigenvalue weighted by Crippen LogP contribution is -2.26. The summed E-state index contributed by atoms with van der Waals surface area (Å²) < 4.78 is 25.6. The molecule has 6 heteroatoms. The zero-order valence-electron chi connectivity index (χ0n) is 20.9. The summed E-state index contributed by atoms with van der Waals surface area (Å²) in [6.45, 7) is 7.92. The van der Waals surface area contributed by atoms with Gasteiger partial charge >= 0.3 is 5.97 Å². The summed E-state index contributed by atoms with van der Waals surface area (Å²) in [6, 6.07) is 14.2. The largest absolute Gasteiger partial charge is 0.489 e. The van der Waals surface area contributed by atoms with Gasteiger partial charge in [-0.25, -0.2) is 0 Å². The average molecular weight is 545 g/mol. The quantitative estimate of drug-likeness (QED) is 0.280. The highest BCUT2D eigenvalue weighted by Gasteiger charge is 2.26. The number of fused-ring (bicyclic) bond motifs is 1. The monoisotopic (exact) mass is 543 g/mol. The molecule has 1 heterocycles. The number of hydrogen-bond acceptors (Lipinski definition) is 4. The van der Waals surface area contributed by atoms with E-state index < -0.39 is 5.41 Å². The summed E-state index contributed by atoms with van der Waals surface area (Å²) in [7, 11) is 0. The van der Waals surface area contributed by atoms with Crippen molar-refractivity contribution >= 4 is 27.5 Å². The third-order valence-corrected chi connectivity index (χ3v) is 7.36. The van der Waals surface area contributed by atoms with Gasteiger partial charge in [-0.05, 0) is 99.4 Å². The maximum atomic E-state index is 12.5. The fraction of sp³-hybridized carbons (Fsp3) is 0.483. The molecule has 0 N–H and O–H groups in total. The number of allylic oxidation sites excluding steroid dienone is 1. The van der Waals surface area contributed by atoms with Crippen molar-refractivity contribution in [1.82, 2.24) is 4.90 Å². The SMILES string of the molecule is CC(C)(C)C(=O)Oc1ccc2c(c1)C(c1ccc(OC3CCN(CCCF)C3)cc1)=C(Br)CCC2. The van der Waals surface area contributed by atoms with Crippen molar-refractivity contribution in [3.05, 3.63) is 63.6 Å². The van der Waals surface area contributed by atoms with Crippen molar-refractivity contribution in [1.29, 1.82) is 0 Å². The van der Waals surface area contributed by atoms with Crippen LogP contribution >= 0.6 is 15.9 Å². The molecule has 4 nitrogen and oxygen atoms in total. The molecule has 1 aliphatic heterocycles. The van der Waals surface area contributed by atoms with Crippen LogP contribution in [-0.4, -0.2) is 43.3 Å². The van der Waals surface area contributed by atoms with Gasteiger partial charge in [-0.3, -0.25) is 14.1 Å². The second-order valence-electron chi connectivity index (χ2n) is 10.5. The van der Waals surface area contributed by atoms with Gasteiger partial charge in [0.25, 0.3) is 0 Å². The lowest BCUT2D eigenvalue weighted by atomic mass is 9.93. The topological polar surface area (TPSA) is 38.8 Å². The van der Waals surface area contributed by atoms with Crippen molar-refractivity contribution < 1.29 is 18.7 Å². The number of carbonyl (C=O) groups excluding carboxylic acids is 1. The van der Waals surface area contributed by atoms with Gasteiger partial charge in [-0.2, -0.15) is 0 Å².